The van der Waals surface area contributed by atoms with Crippen molar-refractivity contribution in [1.29, 1.82) is 0 Å². The fraction of sp³-hybridized carbons (Fsp3) is 0.952. The SMILES string of the molecule is CCCCCCCCCCCC(=O)OC[C@@H](CO)O[C@@H]1O[C@H](CS(=O)(=O)O)[C@@H](O)[C@H](O)[C@H]1O. The summed E-state index contributed by atoms with van der Waals surface area (Å²) >= 11 is 0. The Labute approximate surface area is 195 Å². The molecule has 12 heteroatoms. The molecule has 0 unspecified atom stereocenters. The first-order chi connectivity index (χ1) is 15.6. The standard InChI is InChI=1S/C21H40O11S/c1-2-3-4-5-6-7-8-9-10-11-17(23)30-13-15(12-22)31-21-20(26)19(25)18(24)16(32-21)14-33(27,28)29/h15-16,18-22,24-26H,2-14H2,1H3,(H,27,28,29)/t15-,16-,18-,19+,20-,21-/m1/s1. The van der Waals surface area contributed by atoms with Crippen molar-refractivity contribution in [3.8, 4) is 0 Å². The Kier molecular flexibility index (Phi) is 14.6. The van der Waals surface area contributed by atoms with Crippen molar-refractivity contribution in [1.82, 2.24) is 0 Å². The van der Waals surface area contributed by atoms with Gasteiger partial charge in [-0.1, -0.05) is 58.3 Å². The molecule has 1 saturated heterocycles. The molecule has 1 fully saturated rings. The monoisotopic (exact) mass is 500 g/mol. The normalized spacial score (nSPS) is 26.8. The Hall–Kier alpha value is -0.860. The predicted molar refractivity (Wildman–Crippen MR) is 118 cm³/mol. The largest absolute Gasteiger partial charge is 0.463 e. The van der Waals surface area contributed by atoms with E-state index in [0.29, 0.717) is 6.42 Å². The first-order valence-electron chi connectivity index (χ1n) is 11.7. The summed E-state index contributed by atoms with van der Waals surface area (Å²) in [6.45, 7) is 1.22. The van der Waals surface area contributed by atoms with Gasteiger partial charge >= 0.3 is 5.97 Å². The molecule has 0 aromatic rings. The summed E-state index contributed by atoms with van der Waals surface area (Å²) in [5.74, 6) is -1.50. The minimum absolute atomic E-state index is 0.220. The van der Waals surface area contributed by atoms with Gasteiger partial charge in [0.05, 0.1) is 6.61 Å². The molecule has 6 atom stereocenters. The van der Waals surface area contributed by atoms with Gasteiger partial charge in [-0.25, -0.2) is 0 Å². The maximum absolute atomic E-state index is 11.9. The molecule has 1 aliphatic heterocycles. The van der Waals surface area contributed by atoms with Gasteiger partial charge in [0, 0.05) is 6.42 Å². The maximum Gasteiger partial charge on any atom is 0.305 e. The summed E-state index contributed by atoms with van der Waals surface area (Å²) in [7, 11) is -4.55. The van der Waals surface area contributed by atoms with Crippen molar-refractivity contribution >= 4 is 16.1 Å². The zero-order valence-electron chi connectivity index (χ0n) is 19.3. The van der Waals surface area contributed by atoms with E-state index in [-0.39, 0.29) is 13.0 Å². The van der Waals surface area contributed by atoms with E-state index in [1.54, 1.807) is 0 Å². The number of aliphatic hydroxyl groups excluding tert-OH is 4. The van der Waals surface area contributed by atoms with Crippen molar-refractivity contribution in [2.24, 2.45) is 0 Å². The third-order valence-corrected chi connectivity index (χ3v) is 6.24. The Morgan fingerprint density at radius 1 is 0.939 bits per heavy atom. The quantitative estimate of drug-likeness (QED) is 0.107. The van der Waals surface area contributed by atoms with Gasteiger partial charge in [0.25, 0.3) is 10.1 Å². The Balaban J connectivity index is 2.35. The highest BCUT2D eigenvalue weighted by atomic mass is 32.2. The van der Waals surface area contributed by atoms with Crippen LogP contribution >= 0.6 is 0 Å². The zero-order valence-corrected chi connectivity index (χ0v) is 20.1. The van der Waals surface area contributed by atoms with Gasteiger partial charge in [-0.3, -0.25) is 9.35 Å². The second-order valence-electron chi connectivity index (χ2n) is 8.47. The Morgan fingerprint density at radius 3 is 2.06 bits per heavy atom. The van der Waals surface area contributed by atoms with Gasteiger partial charge in [0.15, 0.2) is 6.29 Å². The van der Waals surface area contributed by atoms with E-state index in [1.165, 1.54) is 32.1 Å². The summed E-state index contributed by atoms with van der Waals surface area (Å²) < 4.78 is 46.7. The number of hydrogen-bond donors (Lipinski definition) is 5. The molecule has 0 spiro atoms. The minimum atomic E-state index is -4.55. The highest BCUT2D eigenvalue weighted by molar-refractivity contribution is 7.85. The summed E-state index contributed by atoms with van der Waals surface area (Å²) in [5, 5.41) is 39.3. The molecule has 0 aliphatic carbocycles. The average molecular weight is 501 g/mol. The third kappa shape index (κ3) is 12.4. The van der Waals surface area contributed by atoms with E-state index >= 15 is 0 Å². The zero-order chi connectivity index (χ0) is 24.9. The van der Waals surface area contributed by atoms with Crippen LogP contribution in [0.2, 0.25) is 0 Å². The molecule has 0 radical (unpaired) electrons. The second-order valence-corrected chi connectivity index (χ2v) is 9.96. The molecule has 0 amide bonds. The highest BCUT2D eigenvalue weighted by Gasteiger charge is 2.46. The van der Waals surface area contributed by atoms with E-state index in [9.17, 15) is 33.6 Å². The van der Waals surface area contributed by atoms with Crippen LogP contribution in [0.1, 0.15) is 71.1 Å². The van der Waals surface area contributed by atoms with Crippen molar-refractivity contribution in [2.75, 3.05) is 19.0 Å². The molecule has 0 aromatic heterocycles. The first-order valence-corrected chi connectivity index (χ1v) is 13.3. The lowest BCUT2D eigenvalue weighted by molar-refractivity contribution is -0.307. The molecule has 0 aromatic carbocycles. The fourth-order valence-corrected chi connectivity index (χ4v) is 4.23. The van der Waals surface area contributed by atoms with E-state index < -0.39 is 65.3 Å². The van der Waals surface area contributed by atoms with Crippen LogP contribution in [-0.2, 0) is 29.1 Å². The van der Waals surface area contributed by atoms with E-state index in [2.05, 4.69) is 6.92 Å². The predicted octanol–water partition coefficient (Wildman–Crippen LogP) is 0.523. The number of unbranched alkanes of at least 4 members (excludes halogenated alkanes) is 8. The molecule has 33 heavy (non-hydrogen) atoms. The molecule has 1 heterocycles. The maximum atomic E-state index is 11.9. The molecule has 0 saturated carbocycles. The number of aliphatic hydroxyl groups is 4. The van der Waals surface area contributed by atoms with E-state index in [1.807, 2.05) is 0 Å². The Bertz CT molecular complexity index is 642. The van der Waals surface area contributed by atoms with Gasteiger partial charge < -0.3 is 34.6 Å². The van der Waals surface area contributed by atoms with Crippen LogP contribution in [-0.4, -0.2) is 95.1 Å². The molecular formula is C21H40O11S. The number of carbonyl (C=O) groups is 1. The smallest absolute Gasteiger partial charge is 0.305 e. The van der Waals surface area contributed by atoms with Crippen LogP contribution in [0.4, 0.5) is 0 Å². The van der Waals surface area contributed by atoms with Gasteiger partial charge in [-0.2, -0.15) is 8.42 Å². The lowest BCUT2D eigenvalue weighted by Crippen LogP contribution is -2.60. The third-order valence-electron chi connectivity index (χ3n) is 5.49. The van der Waals surface area contributed by atoms with Crippen LogP contribution in [0.3, 0.4) is 0 Å². The van der Waals surface area contributed by atoms with Crippen molar-refractivity contribution in [3.05, 3.63) is 0 Å². The second kappa shape index (κ2) is 15.9. The first kappa shape index (κ1) is 30.2. The molecule has 11 nitrogen and oxygen atoms in total. The van der Waals surface area contributed by atoms with Crippen LogP contribution < -0.4 is 0 Å². The molecule has 1 rings (SSSR count). The molecule has 196 valence electrons. The number of esters is 1. The summed E-state index contributed by atoms with van der Waals surface area (Å²) in [6, 6.07) is 0. The average Bonchev–Trinajstić information content (AvgIpc) is 2.75. The van der Waals surface area contributed by atoms with Gasteiger partial charge in [0.1, 0.15) is 42.9 Å². The van der Waals surface area contributed by atoms with Crippen molar-refractivity contribution < 1.29 is 52.4 Å². The number of rotatable bonds is 17. The van der Waals surface area contributed by atoms with Crippen molar-refractivity contribution in [2.45, 2.75) is 108 Å². The summed E-state index contributed by atoms with van der Waals surface area (Å²) in [6.07, 6.45) is 0.531. The van der Waals surface area contributed by atoms with Crippen LogP contribution in [0.25, 0.3) is 0 Å². The molecule has 0 bridgehead atoms. The van der Waals surface area contributed by atoms with Crippen molar-refractivity contribution in [3.63, 3.8) is 0 Å². The van der Waals surface area contributed by atoms with E-state index in [0.717, 1.165) is 19.3 Å². The van der Waals surface area contributed by atoms with Crippen LogP contribution in [0.5, 0.6) is 0 Å². The molecular weight excluding hydrogens is 460 g/mol. The number of ether oxygens (including phenoxy) is 3. The Morgan fingerprint density at radius 2 is 1.52 bits per heavy atom. The molecule has 1 aliphatic rings. The lowest BCUT2D eigenvalue weighted by atomic mass is 10.00. The van der Waals surface area contributed by atoms with E-state index in [4.69, 9.17) is 18.8 Å². The topological polar surface area (TPSA) is 180 Å². The van der Waals surface area contributed by atoms with Gasteiger partial charge in [-0.15, -0.1) is 0 Å². The van der Waals surface area contributed by atoms with Gasteiger partial charge in [0.2, 0.25) is 0 Å². The van der Waals surface area contributed by atoms with Gasteiger partial charge in [-0.05, 0) is 6.42 Å². The van der Waals surface area contributed by atoms with Crippen LogP contribution in [0.15, 0.2) is 0 Å². The number of hydrogen-bond acceptors (Lipinski definition) is 10. The fourth-order valence-electron chi connectivity index (χ4n) is 3.54. The summed E-state index contributed by atoms with van der Waals surface area (Å²) in [4.78, 5) is 11.9. The summed E-state index contributed by atoms with van der Waals surface area (Å²) in [5.41, 5.74) is 0. The molecule has 5 N–H and O–H groups in total. The minimum Gasteiger partial charge on any atom is -0.463 e. The highest BCUT2D eigenvalue weighted by Crippen LogP contribution is 2.24. The van der Waals surface area contributed by atoms with Crippen LogP contribution in [0, 0.1) is 0 Å². The number of carbonyl (C=O) groups excluding carboxylic acids is 1. The lowest BCUT2D eigenvalue weighted by Gasteiger charge is -2.40.